The number of amides is 1. The number of carbonyl (C=O) groups excluding carboxylic acids is 1. The first kappa shape index (κ1) is 14.1. The number of rotatable bonds is 3. The highest BCUT2D eigenvalue weighted by atomic mass is 16.1. The van der Waals surface area contributed by atoms with Crippen molar-refractivity contribution < 1.29 is 4.79 Å². The molecule has 110 valence electrons. The second kappa shape index (κ2) is 5.85. The summed E-state index contributed by atoms with van der Waals surface area (Å²) in [5.74, 6) is -0.123. The van der Waals surface area contributed by atoms with Crippen LogP contribution < -0.4 is 10.2 Å². The Bertz CT molecular complexity index is 805. The molecular weight excluding hydrogens is 274 g/mol. The van der Waals surface area contributed by atoms with Crippen molar-refractivity contribution in [1.82, 2.24) is 4.98 Å². The number of hydrogen-bond acceptors (Lipinski definition) is 3. The van der Waals surface area contributed by atoms with Gasteiger partial charge in [0.15, 0.2) is 0 Å². The number of anilines is 2. The number of pyridine rings is 1. The number of nitrogens with zero attached hydrogens (tertiary/aromatic N) is 2. The van der Waals surface area contributed by atoms with E-state index in [2.05, 4.69) is 10.3 Å². The van der Waals surface area contributed by atoms with Crippen LogP contribution in [0.3, 0.4) is 0 Å². The van der Waals surface area contributed by atoms with Gasteiger partial charge in [0.1, 0.15) is 0 Å². The lowest BCUT2D eigenvalue weighted by molar-refractivity contribution is 0.102. The van der Waals surface area contributed by atoms with Crippen molar-refractivity contribution in [3.63, 3.8) is 0 Å². The summed E-state index contributed by atoms with van der Waals surface area (Å²) in [6, 6.07) is 17.0. The fourth-order valence-corrected chi connectivity index (χ4v) is 2.32. The van der Waals surface area contributed by atoms with Gasteiger partial charge >= 0.3 is 0 Å². The number of carbonyl (C=O) groups is 1. The van der Waals surface area contributed by atoms with E-state index >= 15 is 0 Å². The Balaban J connectivity index is 1.87. The van der Waals surface area contributed by atoms with Crippen LogP contribution in [-0.4, -0.2) is 25.0 Å². The van der Waals surface area contributed by atoms with Gasteiger partial charge in [-0.25, -0.2) is 0 Å². The number of hydrogen-bond donors (Lipinski definition) is 1. The lowest BCUT2D eigenvalue weighted by Crippen LogP contribution is -2.13. The molecule has 0 aliphatic heterocycles. The van der Waals surface area contributed by atoms with Crippen LogP contribution in [0.5, 0.6) is 0 Å². The largest absolute Gasteiger partial charge is 0.378 e. The van der Waals surface area contributed by atoms with Crippen molar-refractivity contribution in [2.45, 2.75) is 0 Å². The maximum Gasteiger partial charge on any atom is 0.255 e. The standard InChI is InChI=1S/C18H17N3O/c1-21(2)14-10-8-13(9-11-14)18(22)20-17-7-3-6-16-15(17)5-4-12-19-16/h3-12H,1-2H3,(H,20,22). The van der Waals surface area contributed by atoms with E-state index in [1.807, 2.05) is 73.6 Å². The maximum absolute atomic E-state index is 12.4. The fraction of sp³-hybridized carbons (Fsp3) is 0.111. The van der Waals surface area contributed by atoms with Crippen LogP contribution in [0, 0.1) is 0 Å². The molecule has 1 amide bonds. The third-order valence-corrected chi connectivity index (χ3v) is 3.54. The van der Waals surface area contributed by atoms with Gasteiger partial charge in [-0.05, 0) is 48.5 Å². The summed E-state index contributed by atoms with van der Waals surface area (Å²) < 4.78 is 0. The van der Waals surface area contributed by atoms with Crippen molar-refractivity contribution in [3.05, 3.63) is 66.4 Å². The third kappa shape index (κ3) is 2.76. The third-order valence-electron chi connectivity index (χ3n) is 3.54. The molecule has 4 nitrogen and oxygen atoms in total. The van der Waals surface area contributed by atoms with Crippen LogP contribution in [0.1, 0.15) is 10.4 Å². The molecule has 0 aliphatic rings. The average molecular weight is 291 g/mol. The van der Waals surface area contributed by atoms with Gasteiger partial charge in [-0.3, -0.25) is 9.78 Å². The first-order valence-corrected chi connectivity index (χ1v) is 7.07. The lowest BCUT2D eigenvalue weighted by atomic mass is 10.1. The van der Waals surface area contributed by atoms with Crippen molar-refractivity contribution >= 4 is 28.2 Å². The van der Waals surface area contributed by atoms with Crippen LogP contribution in [0.25, 0.3) is 10.9 Å². The van der Waals surface area contributed by atoms with Crippen molar-refractivity contribution in [1.29, 1.82) is 0 Å². The Morgan fingerprint density at radius 2 is 1.77 bits per heavy atom. The molecule has 0 spiro atoms. The molecule has 0 atom stereocenters. The summed E-state index contributed by atoms with van der Waals surface area (Å²) in [4.78, 5) is 18.7. The highest BCUT2D eigenvalue weighted by Gasteiger charge is 2.08. The smallest absolute Gasteiger partial charge is 0.255 e. The van der Waals surface area contributed by atoms with Gasteiger partial charge < -0.3 is 10.2 Å². The number of aromatic nitrogens is 1. The molecule has 22 heavy (non-hydrogen) atoms. The molecule has 3 aromatic rings. The number of benzene rings is 2. The summed E-state index contributed by atoms with van der Waals surface area (Å²) in [6.07, 6.45) is 1.74. The van der Waals surface area contributed by atoms with E-state index in [-0.39, 0.29) is 5.91 Å². The zero-order valence-corrected chi connectivity index (χ0v) is 12.6. The van der Waals surface area contributed by atoms with E-state index in [1.54, 1.807) is 6.20 Å². The molecule has 0 radical (unpaired) electrons. The van der Waals surface area contributed by atoms with E-state index in [0.717, 1.165) is 22.3 Å². The van der Waals surface area contributed by atoms with E-state index < -0.39 is 0 Å². The molecule has 0 saturated carbocycles. The van der Waals surface area contributed by atoms with Gasteiger partial charge in [0.2, 0.25) is 0 Å². The Hall–Kier alpha value is -2.88. The first-order chi connectivity index (χ1) is 10.6. The van der Waals surface area contributed by atoms with Crippen LogP contribution >= 0.6 is 0 Å². The topological polar surface area (TPSA) is 45.2 Å². The van der Waals surface area contributed by atoms with Crippen LogP contribution in [0.2, 0.25) is 0 Å². The SMILES string of the molecule is CN(C)c1ccc(C(=O)Nc2cccc3ncccc23)cc1. The molecule has 0 fully saturated rings. The molecule has 0 saturated heterocycles. The Morgan fingerprint density at radius 3 is 2.50 bits per heavy atom. The molecule has 1 heterocycles. The summed E-state index contributed by atoms with van der Waals surface area (Å²) in [7, 11) is 3.94. The molecule has 4 heteroatoms. The summed E-state index contributed by atoms with van der Waals surface area (Å²) in [6.45, 7) is 0. The summed E-state index contributed by atoms with van der Waals surface area (Å²) in [5, 5.41) is 3.89. The number of fused-ring (bicyclic) bond motifs is 1. The van der Waals surface area contributed by atoms with Crippen LogP contribution in [0.4, 0.5) is 11.4 Å². The molecule has 2 aromatic carbocycles. The minimum atomic E-state index is -0.123. The molecule has 0 bridgehead atoms. The zero-order valence-electron chi connectivity index (χ0n) is 12.6. The molecular formula is C18H17N3O. The molecule has 1 N–H and O–H groups in total. The second-order valence-electron chi connectivity index (χ2n) is 5.27. The summed E-state index contributed by atoms with van der Waals surface area (Å²) >= 11 is 0. The van der Waals surface area contributed by atoms with E-state index in [4.69, 9.17) is 0 Å². The number of nitrogens with one attached hydrogen (secondary N) is 1. The summed E-state index contributed by atoms with van der Waals surface area (Å²) in [5.41, 5.74) is 3.33. The maximum atomic E-state index is 12.4. The average Bonchev–Trinajstić information content (AvgIpc) is 2.55. The zero-order chi connectivity index (χ0) is 15.5. The Labute approximate surface area is 129 Å². The van der Waals surface area contributed by atoms with Gasteiger partial charge in [0.25, 0.3) is 5.91 Å². The predicted molar refractivity (Wildman–Crippen MR) is 90.5 cm³/mol. The van der Waals surface area contributed by atoms with Gasteiger partial charge in [0.05, 0.1) is 11.2 Å². The molecule has 0 aliphatic carbocycles. The highest BCUT2D eigenvalue weighted by molar-refractivity contribution is 6.08. The normalized spacial score (nSPS) is 10.5. The van der Waals surface area contributed by atoms with Crippen molar-refractivity contribution in [3.8, 4) is 0 Å². The van der Waals surface area contributed by atoms with Crippen molar-refractivity contribution in [2.24, 2.45) is 0 Å². The van der Waals surface area contributed by atoms with Gasteiger partial charge in [-0.15, -0.1) is 0 Å². The monoisotopic (exact) mass is 291 g/mol. The van der Waals surface area contributed by atoms with Gasteiger partial charge in [-0.2, -0.15) is 0 Å². The Morgan fingerprint density at radius 1 is 1.00 bits per heavy atom. The van der Waals surface area contributed by atoms with E-state index in [1.165, 1.54) is 0 Å². The second-order valence-corrected chi connectivity index (χ2v) is 5.27. The molecule has 0 unspecified atom stereocenters. The highest BCUT2D eigenvalue weighted by Crippen LogP contribution is 2.22. The first-order valence-electron chi connectivity index (χ1n) is 7.07. The van der Waals surface area contributed by atoms with Crippen LogP contribution in [0.15, 0.2) is 60.8 Å². The molecule has 1 aromatic heterocycles. The van der Waals surface area contributed by atoms with E-state index in [9.17, 15) is 4.79 Å². The Kier molecular flexibility index (Phi) is 3.74. The fourth-order valence-electron chi connectivity index (χ4n) is 2.32. The minimum Gasteiger partial charge on any atom is -0.378 e. The van der Waals surface area contributed by atoms with E-state index in [0.29, 0.717) is 5.56 Å². The minimum absolute atomic E-state index is 0.123. The van der Waals surface area contributed by atoms with Gasteiger partial charge in [0, 0.05) is 36.9 Å². The van der Waals surface area contributed by atoms with Gasteiger partial charge in [-0.1, -0.05) is 6.07 Å². The lowest BCUT2D eigenvalue weighted by Gasteiger charge is -2.13. The molecule has 3 rings (SSSR count). The predicted octanol–water partition coefficient (Wildman–Crippen LogP) is 3.55. The van der Waals surface area contributed by atoms with Crippen LogP contribution in [-0.2, 0) is 0 Å². The van der Waals surface area contributed by atoms with Crippen molar-refractivity contribution in [2.75, 3.05) is 24.3 Å². The quantitative estimate of drug-likeness (QED) is 0.802.